The van der Waals surface area contributed by atoms with E-state index in [1.165, 1.54) is 27.8 Å². The van der Waals surface area contributed by atoms with Gasteiger partial charge in [0.05, 0.1) is 0 Å². The van der Waals surface area contributed by atoms with Crippen molar-refractivity contribution >= 4 is 17.7 Å². The first-order valence-electron chi connectivity index (χ1n) is 3.30. The predicted molar refractivity (Wildman–Crippen MR) is 44.0 cm³/mol. The molecule has 5 nitrogen and oxygen atoms in total. The molecule has 0 fully saturated rings. The van der Waals surface area contributed by atoms with Crippen LogP contribution in [-0.2, 0) is 14.4 Å². The molecule has 2 N–H and O–H groups in total. The lowest BCUT2D eigenvalue weighted by Gasteiger charge is -2.07. The van der Waals surface area contributed by atoms with Crippen LogP contribution in [0.4, 0.5) is 0 Å². The van der Waals surface area contributed by atoms with E-state index < -0.39 is 0 Å². The molecule has 0 heterocycles. The summed E-state index contributed by atoms with van der Waals surface area (Å²) in [4.78, 5) is 30.9. The van der Waals surface area contributed by atoms with E-state index >= 15 is 0 Å². The van der Waals surface area contributed by atoms with Crippen LogP contribution in [0.1, 0.15) is 20.8 Å². The molecule has 12 heavy (non-hydrogen) atoms. The van der Waals surface area contributed by atoms with Crippen LogP contribution in [-0.4, -0.2) is 29.7 Å². The van der Waals surface area contributed by atoms with E-state index in [9.17, 15) is 14.4 Å². The highest BCUT2D eigenvalue weighted by Gasteiger charge is 2.04. The van der Waals surface area contributed by atoms with Gasteiger partial charge in [-0.2, -0.15) is 0 Å². The van der Waals surface area contributed by atoms with Crippen molar-refractivity contribution in [3.63, 3.8) is 0 Å². The standard InChI is InChI=1S/C5H9NO2.C2H5NO/c1-4(7)6(3)5(2)8;1-2(3)4/h1-3H3;1H3,(H2,3,4). The number of rotatable bonds is 0. The minimum atomic E-state index is -0.333. The van der Waals surface area contributed by atoms with Crippen molar-refractivity contribution in [2.75, 3.05) is 7.05 Å². The maximum Gasteiger partial charge on any atom is 0.225 e. The molecule has 3 amide bonds. The molecule has 0 aromatic carbocycles. The number of carbonyl (C=O) groups is 3. The lowest BCUT2D eigenvalue weighted by molar-refractivity contribution is -0.140. The van der Waals surface area contributed by atoms with Gasteiger partial charge < -0.3 is 5.73 Å². The highest BCUT2D eigenvalue weighted by molar-refractivity contribution is 5.92. The van der Waals surface area contributed by atoms with Crippen LogP contribution in [0.3, 0.4) is 0 Å². The van der Waals surface area contributed by atoms with Gasteiger partial charge in [0.15, 0.2) is 0 Å². The minimum Gasteiger partial charge on any atom is -0.370 e. The fourth-order valence-corrected chi connectivity index (χ4v) is 0.222. The van der Waals surface area contributed by atoms with Crippen LogP contribution in [0.25, 0.3) is 0 Å². The topological polar surface area (TPSA) is 80.5 Å². The third-order valence-electron chi connectivity index (χ3n) is 0.945. The second-order valence-electron chi connectivity index (χ2n) is 2.21. The fraction of sp³-hybridized carbons (Fsp3) is 0.571. The number of primary amides is 1. The van der Waals surface area contributed by atoms with Gasteiger partial charge in [0, 0.05) is 27.8 Å². The summed E-state index contributed by atoms with van der Waals surface area (Å²) in [6.07, 6.45) is 0. The number of carbonyl (C=O) groups excluding carboxylic acids is 3. The van der Waals surface area contributed by atoms with Gasteiger partial charge >= 0.3 is 0 Å². The lowest BCUT2D eigenvalue weighted by Crippen LogP contribution is -2.28. The molecule has 0 saturated carbocycles. The van der Waals surface area contributed by atoms with E-state index in [4.69, 9.17) is 0 Å². The lowest BCUT2D eigenvalue weighted by atomic mass is 10.5. The normalized spacial score (nSPS) is 7.67. The van der Waals surface area contributed by atoms with E-state index in [-0.39, 0.29) is 17.7 Å². The largest absolute Gasteiger partial charge is 0.370 e. The third-order valence-corrected chi connectivity index (χ3v) is 0.945. The Labute approximate surface area is 71.5 Å². The zero-order valence-corrected chi connectivity index (χ0v) is 7.75. The summed E-state index contributed by atoms with van der Waals surface area (Å²) in [6.45, 7) is 4.00. The molecule has 0 aliphatic carbocycles. The van der Waals surface area contributed by atoms with Gasteiger partial charge in [0.1, 0.15) is 0 Å². The SMILES string of the molecule is CC(=O)N(C)C(C)=O.CC(N)=O. The second kappa shape index (κ2) is 6.33. The summed E-state index contributed by atoms with van der Waals surface area (Å²) in [5.41, 5.74) is 4.47. The summed E-state index contributed by atoms with van der Waals surface area (Å²) >= 11 is 0. The molecule has 0 atom stereocenters. The summed E-state index contributed by atoms with van der Waals surface area (Å²) in [5.74, 6) is -0.782. The van der Waals surface area contributed by atoms with E-state index in [0.29, 0.717) is 0 Å². The number of hydrogen-bond donors (Lipinski definition) is 1. The molecule has 0 bridgehead atoms. The van der Waals surface area contributed by atoms with Crippen LogP contribution in [0.5, 0.6) is 0 Å². The monoisotopic (exact) mass is 174 g/mol. The van der Waals surface area contributed by atoms with Crippen molar-refractivity contribution in [2.24, 2.45) is 5.73 Å². The summed E-state index contributed by atoms with van der Waals surface area (Å²) in [7, 11) is 1.45. The first kappa shape index (κ1) is 13.2. The highest BCUT2D eigenvalue weighted by Crippen LogP contribution is 1.81. The molecule has 0 aromatic heterocycles. The van der Waals surface area contributed by atoms with Gasteiger partial charge in [-0.3, -0.25) is 19.3 Å². The van der Waals surface area contributed by atoms with Crippen molar-refractivity contribution in [3.05, 3.63) is 0 Å². The van der Waals surface area contributed by atoms with Crippen molar-refractivity contribution in [1.29, 1.82) is 0 Å². The van der Waals surface area contributed by atoms with Crippen LogP contribution in [0.2, 0.25) is 0 Å². The van der Waals surface area contributed by atoms with Crippen molar-refractivity contribution < 1.29 is 14.4 Å². The van der Waals surface area contributed by atoms with E-state index in [2.05, 4.69) is 5.73 Å². The van der Waals surface area contributed by atoms with E-state index in [1.54, 1.807) is 0 Å². The molecule has 5 heteroatoms. The quantitative estimate of drug-likeness (QED) is 0.537. The Morgan fingerprint density at radius 3 is 1.17 bits per heavy atom. The molecule has 0 aromatic rings. The predicted octanol–water partition coefficient (Wildman–Crippen LogP) is -0.497. The second-order valence-corrected chi connectivity index (χ2v) is 2.21. The molecular formula is C7H14N2O3. The summed E-state index contributed by atoms with van der Waals surface area (Å²) in [5, 5.41) is 0. The number of amides is 3. The Hall–Kier alpha value is -1.39. The molecule has 0 unspecified atom stereocenters. The maximum atomic E-state index is 10.3. The van der Waals surface area contributed by atoms with Crippen molar-refractivity contribution in [2.45, 2.75) is 20.8 Å². The zero-order valence-electron chi connectivity index (χ0n) is 7.75. The van der Waals surface area contributed by atoms with Crippen molar-refractivity contribution in [1.82, 2.24) is 4.90 Å². The van der Waals surface area contributed by atoms with Gasteiger partial charge in [-0.25, -0.2) is 0 Å². The molecule has 0 spiro atoms. The van der Waals surface area contributed by atoms with Gasteiger partial charge in [-0.1, -0.05) is 0 Å². The minimum absolute atomic E-state index is 0.225. The van der Waals surface area contributed by atoms with Crippen LogP contribution < -0.4 is 5.73 Å². The average Bonchev–Trinajstić information content (AvgIpc) is 1.84. The van der Waals surface area contributed by atoms with Crippen LogP contribution >= 0.6 is 0 Å². The molecule has 0 radical (unpaired) electrons. The first-order valence-corrected chi connectivity index (χ1v) is 3.30. The smallest absolute Gasteiger partial charge is 0.225 e. The van der Waals surface area contributed by atoms with Gasteiger partial charge in [0.25, 0.3) is 0 Å². The molecule has 0 saturated heterocycles. The Bertz CT molecular complexity index is 171. The molecule has 0 rings (SSSR count). The number of nitrogens with two attached hydrogens (primary N) is 1. The Morgan fingerprint density at radius 2 is 1.17 bits per heavy atom. The number of nitrogens with zero attached hydrogens (tertiary/aromatic N) is 1. The molecule has 70 valence electrons. The fourth-order valence-electron chi connectivity index (χ4n) is 0.222. The van der Waals surface area contributed by atoms with Crippen LogP contribution in [0, 0.1) is 0 Å². The maximum absolute atomic E-state index is 10.3. The third kappa shape index (κ3) is 11.4. The molecule has 0 aliphatic heterocycles. The zero-order chi connectivity index (χ0) is 10.3. The van der Waals surface area contributed by atoms with Crippen LogP contribution in [0.15, 0.2) is 0 Å². The average molecular weight is 174 g/mol. The number of imide groups is 1. The first-order chi connectivity index (χ1) is 5.29. The van der Waals surface area contributed by atoms with Gasteiger partial charge in [0.2, 0.25) is 17.7 Å². The van der Waals surface area contributed by atoms with Gasteiger partial charge in [-0.15, -0.1) is 0 Å². The summed E-state index contributed by atoms with van der Waals surface area (Å²) in [6, 6.07) is 0. The Balaban J connectivity index is 0. The Morgan fingerprint density at radius 1 is 1.00 bits per heavy atom. The highest BCUT2D eigenvalue weighted by atomic mass is 16.2. The number of hydrogen-bond acceptors (Lipinski definition) is 3. The molecule has 0 aliphatic rings. The van der Waals surface area contributed by atoms with Gasteiger partial charge in [-0.05, 0) is 0 Å². The molecular weight excluding hydrogens is 160 g/mol. The Kier molecular flexibility index (Phi) is 6.97. The van der Waals surface area contributed by atoms with Crippen molar-refractivity contribution in [3.8, 4) is 0 Å². The van der Waals surface area contributed by atoms with E-state index in [0.717, 1.165) is 4.90 Å². The summed E-state index contributed by atoms with van der Waals surface area (Å²) < 4.78 is 0. The van der Waals surface area contributed by atoms with E-state index in [1.807, 2.05) is 0 Å².